The van der Waals surface area contributed by atoms with Crippen LogP contribution in [0.4, 0.5) is 0 Å². The van der Waals surface area contributed by atoms with Gasteiger partial charge < -0.3 is 10.5 Å². The molecular formula is C17H22N2O2. The van der Waals surface area contributed by atoms with E-state index in [1.807, 2.05) is 50.2 Å². The number of hydrogen-bond acceptors (Lipinski definition) is 4. The summed E-state index contributed by atoms with van der Waals surface area (Å²) in [5, 5.41) is 1.09. The van der Waals surface area contributed by atoms with Crippen LogP contribution in [0.3, 0.4) is 0 Å². The molecule has 1 atom stereocenters. The molecule has 1 aromatic carbocycles. The Balaban J connectivity index is 2.32. The van der Waals surface area contributed by atoms with Crippen LogP contribution in [0.1, 0.15) is 26.0 Å². The molecule has 0 saturated heterocycles. The monoisotopic (exact) mass is 286 g/mol. The number of esters is 1. The molecule has 0 saturated carbocycles. The lowest BCUT2D eigenvalue weighted by molar-refractivity contribution is -0.155. The van der Waals surface area contributed by atoms with E-state index in [1.165, 1.54) is 0 Å². The molecule has 1 aromatic heterocycles. The number of pyridine rings is 1. The number of aromatic nitrogens is 1. The summed E-state index contributed by atoms with van der Waals surface area (Å²) >= 11 is 0. The third-order valence-corrected chi connectivity index (χ3v) is 3.95. The Morgan fingerprint density at radius 1 is 1.24 bits per heavy atom. The van der Waals surface area contributed by atoms with Gasteiger partial charge in [0.2, 0.25) is 0 Å². The van der Waals surface area contributed by atoms with Gasteiger partial charge >= 0.3 is 5.97 Å². The number of nitrogens with two attached hydrogens (primary N) is 1. The molecule has 0 aliphatic heterocycles. The highest BCUT2D eigenvalue weighted by molar-refractivity contribution is 5.79. The molecule has 1 unspecified atom stereocenters. The zero-order valence-corrected chi connectivity index (χ0v) is 12.6. The molecule has 4 heteroatoms. The van der Waals surface area contributed by atoms with E-state index in [9.17, 15) is 4.79 Å². The van der Waals surface area contributed by atoms with E-state index in [-0.39, 0.29) is 12.5 Å². The number of carbonyl (C=O) groups is 1. The Bertz CT molecular complexity index is 621. The minimum absolute atomic E-state index is 0.232. The average molecular weight is 286 g/mol. The van der Waals surface area contributed by atoms with E-state index in [1.54, 1.807) is 0 Å². The fourth-order valence-electron chi connectivity index (χ4n) is 2.48. The quantitative estimate of drug-likeness (QED) is 0.829. The summed E-state index contributed by atoms with van der Waals surface area (Å²) in [6, 6.07) is 11.9. The highest BCUT2D eigenvalue weighted by Gasteiger charge is 2.37. The van der Waals surface area contributed by atoms with Gasteiger partial charge in [0.05, 0.1) is 17.5 Å². The van der Waals surface area contributed by atoms with Crippen molar-refractivity contribution in [3.8, 4) is 0 Å². The molecular weight excluding hydrogens is 264 g/mol. The first-order valence-corrected chi connectivity index (χ1v) is 7.37. The van der Waals surface area contributed by atoms with Gasteiger partial charge in [0.25, 0.3) is 0 Å². The molecule has 0 spiro atoms. The molecule has 0 radical (unpaired) electrons. The second-order valence-corrected chi connectivity index (χ2v) is 5.23. The van der Waals surface area contributed by atoms with Crippen molar-refractivity contribution in [3.05, 3.63) is 42.1 Å². The largest absolute Gasteiger partial charge is 0.466 e. The lowest BCUT2D eigenvalue weighted by Crippen LogP contribution is -2.41. The van der Waals surface area contributed by atoms with E-state index < -0.39 is 5.41 Å². The number of benzene rings is 1. The molecule has 112 valence electrons. The third kappa shape index (κ3) is 3.22. The van der Waals surface area contributed by atoms with Crippen molar-refractivity contribution in [2.75, 3.05) is 13.2 Å². The van der Waals surface area contributed by atoms with E-state index in [0.717, 1.165) is 16.6 Å². The predicted molar refractivity (Wildman–Crippen MR) is 83.9 cm³/mol. The average Bonchev–Trinajstić information content (AvgIpc) is 2.52. The van der Waals surface area contributed by atoms with E-state index in [4.69, 9.17) is 10.5 Å². The van der Waals surface area contributed by atoms with Crippen LogP contribution in [0.5, 0.6) is 0 Å². The van der Waals surface area contributed by atoms with Crippen LogP contribution in [0.2, 0.25) is 0 Å². The highest BCUT2D eigenvalue weighted by Crippen LogP contribution is 2.28. The number of hydrogen-bond donors (Lipinski definition) is 1. The molecule has 4 nitrogen and oxygen atoms in total. The first kappa shape index (κ1) is 15.4. The van der Waals surface area contributed by atoms with Crippen molar-refractivity contribution in [2.24, 2.45) is 11.1 Å². The van der Waals surface area contributed by atoms with Gasteiger partial charge in [-0.05, 0) is 25.5 Å². The fourth-order valence-corrected chi connectivity index (χ4v) is 2.48. The minimum atomic E-state index is -0.689. The molecule has 0 aliphatic rings. The van der Waals surface area contributed by atoms with Crippen molar-refractivity contribution < 1.29 is 9.53 Å². The zero-order chi connectivity index (χ0) is 15.3. The van der Waals surface area contributed by atoms with Crippen LogP contribution in [0, 0.1) is 5.41 Å². The van der Waals surface area contributed by atoms with E-state index >= 15 is 0 Å². The molecule has 2 N–H and O–H groups in total. The third-order valence-electron chi connectivity index (χ3n) is 3.95. The van der Waals surface area contributed by atoms with Crippen molar-refractivity contribution in [1.82, 2.24) is 4.98 Å². The zero-order valence-electron chi connectivity index (χ0n) is 12.6. The number of fused-ring (bicyclic) bond motifs is 1. The van der Waals surface area contributed by atoms with Crippen LogP contribution in [0.25, 0.3) is 10.9 Å². The smallest absolute Gasteiger partial charge is 0.313 e. The van der Waals surface area contributed by atoms with Gasteiger partial charge in [-0.15, -0.1) is 0 Å². The van der Waals surface area contributed by atoms with Crippen LogP contribution >= 0.6 is 0 Å². The molecule has 1 heterocycles. The van der Waals surface area contributed by atoms with Crippen LogP contribution < -0.4 is 5.73 Å². The highest BCUT2D eigenvalue weighted by atomic mass is 16.5. The SMILES string of the molecule is CCOC(=O)C(CC)(CN)Cc1ccc2ccccc2n1. The summed E-state index contributed by atoms with van der Waals surface area (Å²) in [4.78, 5) is 16.9. The first-order chi connectivity index (χ1) is 10.1. The fraction of sp³-hybridized carbons (Fsp3) is 0.412. The summed E-state index contributed by atoms with van der Waals surface area (Å²) in [6.45, 7) is 4.40. The molecule has 2 rings (SSSR count). The van der Waals surface area contributed by atoms with Crippen LogP contribution in [0.15, 0.2) is 36.4 Å². The Morgan fingerprint density at radius 2 is 2.00 bits per heavy atom. The first-order valence-electron chi connectivity index (χ1n) is 7.37. The lowest BCUT2D eigenvalue weighted by Gasteiger charge is -2.28. The number of ether oxygens (including phenoxy) is 1. The molecule has 2 aromatic rings. The number of carbonyl (C=O) groups excluding carboxylic acids is 1. The molecule has 0 aliphatic carbocycles. The van der Waals surface area contributed by atoms with Crippen LogP contribution in [-0.2, 0) is 16.0 Å². The number of rotatable bonds is 6. The Labute approximate surface area is 125 Å². The van der Waals surface area contributed by atoms with E-state index in [0.29, 0.717) is 19.4 Å². The Morgan fingerprint density at radius 3 is 2.67 bits per heavy atom. The number of para-hydroxylation sites is 1. The standard InChI is InChI=1S/C17H22N2O2/c1-3-17(12-18,16(20)21-4-2)11-14-10-9-13-7-5-6-8-15(13)19-14/h5-10H,3-4,11-12,18H2,1-2H3. The number of nitrogens with zero attached hydrogens (tertiary/aromatic N) is 1. The van der Waals surface area contributed by atoms with Crippen molar-refractivity contribution in [2.45, 2.75) is 26.7 Å². The summed E-state index contributed by atoms with van der Waals surface area (Å²) in [6.07, 6.45) is 1.14. The summed E-state index contributed by atoms with van der Waals surface area (Å²) < 4.78 is 5.20. The van der Waals surface area contributed by atoms with Crippen molar-refractivity contribution in [3.63, 3.8) is 0 Å². The summed E-state index contributed by atoms with van der Waals surface area (Å²) in [5.74, 6) is -0.232. The molecule has 0 fully saturated rings. The summed E-state index contributed by atoms with van der Waals surface area (Å²) in [7, 11) is 0. The van der Waals surface area contributed by atoms with Gasteiger partial charge in [0, 0.05) is 24.0 Å². The van der Waals surface area contributed by atoms with E-state index in [2.05, 4.69) is 4.98 Å². The maximum atomic E-state index is 12.3. The van der Waals surface area contributed by atoms with Gasteiger partial charge in [0.15, 0.2) is 0 Å². The van der Waals surface area contributed by atoms with Crippen LogP contribution in [-0.4, -0.2) is 24.1 Å². The maximum Gasteiger partial charge on any atom is 0.313 e. The van der Waals surface area contributed by atoms with Gasteiger partial charge in [-0.25, -0.2) is 0 Å². The van der Waals surface area contributed by atoms with Gasteiger partial charge in [-0.2, -0.15) is 0 Å². The molecule has 0 amide bonds. The van der Waals surface area contributed by atoms with Crippen molar-refractivity contribution >= 4 is 16.9 Å². The Hall–Kier alpha value is -1.94. The second-order valence-electron chi connectivity index (χ2n) is 5.23. The van der Waals surface area contributed by atoms with Gasteiger partial charge in [-0.3, -0.25) is 9.78 Å². The normalized spacial score (nSPS) is 13.9. The molecule has 0 bridgehead atoms. The summed E-state index contributed by atoms with van der Waals surface area (Å²) in [5.41, 5.74) is 6.99. The lowest BCUT2D eigenvalue weighted by atomic mass is 9.80. The maximum absolute atomic E-state index is 12.3. The van der Waals surface area contributed by atoms with Crippen molar-refractivity contribution in [1.29, 1.82) is 0 Å². The van der Waals surface area contributed by atoms with Gasteiger partial charge in [0.1, 0.15) is 0 Å². The predicted octanol–water partition coefficient (Wildman–Crippen LogP) is 2.70. The second kappa shape index (κ2) is 6.68. The topological polar surface area (TPSA) is 65.2 Å². The minimum Gasteiger partial charge on any atom is -0.466 e. The van der Waals surface area contributed by atoms with Gasteiger partial charge in [-0.1, -0.05) is 31.2 Å². The molecule has 21 heavy (non-hydrogen) atoms. The Kier molecular flexibility index (Phi) is 4.91.